The fourth-order valence-corrected chi connectivity index (χ4v) is 8.32. The molecule has 0 spiro atoms. The van der Waals surface area contributed by atoms with Crippen LogP contribution in [0.2, 0.25) is 0 Å². The zero-order valence-electron chi connectivity index (χ0n) is 29.3. The van der Waals surface area contributed by atoms with Crippen LogP contribution in [0.3, 0.4) is 0 Å². The van der Waals surface area contributed by atoms with E-state index in [-0.39, 0.29) is 49.2 Å². The van der Waals surface area contributed by atoms with E-state index in [2.05, 4.69) is 32.5 Å². The van der Waals surface area contributed by atoms with Crippen LogP contribution in [0.4, 0.5) is 20.0 Å². The van der Waals surface area contributed by atoms with E-state index in [1.54, 1.807) is 5.38 Å². The number of hydrogen-bond donors (Lipinski definition) is 3. The summed E-state index contributed by atoms with van der Waals surface area (Å²) in [6.45, 7) is 2.73. The van der Waals surface area contributed by atoms with Gasteiger partial charge in [-0.15, -0.1) is 11.3 Å². The van der Waals surface area contributed by atoms with Gasteiger partial charge in [0.2, 0.25) is 5.91 Å². The number of carbonyl (C=O) groups is 5. The van der Waals surface area contributed by atoms with Crippen molar-refractivity contribution in [3.05, 3.63) is 105 Å². The Bertz CT molecular complexity index is 2170. The zero-order chi connectivity index (χ0) is 37.7. The summed E-state index contributed by atoms with van der Waals surface area (Å²) in [5, 5.41) is 20.4. The lowest BCUT2D eigenvalue weighted by atomic mass is 10.0. The Hall–Kier alpha value is -5.87. The number of hydrogen-bond acceptors (Lipinski definition) is 10. The maximum absolute atomic E-state index is 14.4. The molecule has 2 fully saturated rings. The molecule has 8 rings (SSSR count). The van der Waals surface area contributed by atoms with Crippen LogP contribution in [-0.4, -0.2) is 92.3 Å². The molecule has 278 valence electrons. The van der Waals surface area contributed by atoms with Crippen molar-refractivity contribution < 1.29 is 33.5 Å². The van der Waals surface area contributed by atoms with E-state index < -0.39 is 29.7 Å². The summed E-state index contributed by atoms with van der Waals surface area (Å²) < 4.78 is 14.4. The zero-order valence-corrected chi connectivity index (χ0v) is 30.1. The van der Waals surface area contributed by atoms with Crippen LogP contribution in [0.5, 0.6) is 5.75 Å². The monoisotopic (exact) mass is 752 g/mol. The summed E-state index contributed by atoms with van der Waals surface area (Å²) in [5.74, 6) is -2.55. The van der Waals surface area contributed by atoms with Gasteiger partial charge in [0.15, 0.2) is 5.13 Å². The van der Waals surface area contributed by atoms with Gasteiger partial charge in [-0.2, -0.15) is 0 Å². The number of nitrogens with one attached hydrogen (secondary N) is 2. The number of urea groups is 1. The topological polar surface area (TPSA) is 159 Å². The van der Waals surface area contributed by atoms with Gasteiger partial charge in [-0.3, -0.25) is 34.7 Å². The lowest BCUT2D eigenvalue weighted by Crippen LogP contribution is -2.56. The number of hydrazine groups is 1. The van der Waals surface area contributed by atoms with Gasteiger partial charge in [0.05, 0.1) is 13.1 Å². The largest absolute Gasteiger partial charge is 0.508 e. The van der Waals surface area contributed by atoms with Crippen LogP contribution in [-0.2, 0) is 29.2 Å². The normalized spacial score (nSPS) is 18.0. The van der Waals surface area contributed by atoms with E-state index in [0.29, 0.717) is 28.8 Å². The summed E-state index contributed by atoms with van der Waals surface area (Å²) in [6.07, 6.45) is 3.44. The van der Waals surface area contributed by atoms with Gasteiger partial charge in [-0.25, -0.2) is 24.2 Å². The Labute approximate surface area is 313 Å². The van der Waals surface area contributed by atoms with Gasteiger partial charge in [-0.1, -0.05) is 18.2 Å². The summed E-state index contributed by atoms with van der Waals surface area (Å²) >= 11 is 1.21. The van der Waals surface area contributed by atoms with Crippen molar-refractivity contribution in [2.45, 2.75) is 51.0 Å². The van der Waals surface area contributed by atoms with E-state index in [1.165, 1.54) is 38.5 Å². The lowest BCUT2D eigenvalue weighted by Gasteiger charge is -2.38. The molecule has 16 heteroatoms. The standard InChI is InChI=1S/C38H37FN8O6S/c1-43(19-22-2-6-28-24(16-22)21-47(36(28)52)46-14-10-32(49)41-38(46)53)26-8-12-44(13-9-26)27-5-3-23-20-45(35(51)29(23)18-27)33(30-17-25(39)4-7-31(30)48)34(50)42-37-40-11-15-54-37/h2-7,11,15-18,26,33,48H,8-10,12-14,19-21H2,1H3,(H,40,42,50)(H,41,49,53). The van der Waals surface area contributed by atoms with Gasteiger partial charge in [0.1, 0.15) is 17.6 Å². The van der Waals surface area contributed by atoms with Crippen LogP contribution in [0, 0.1) is 5.82 Å². The van der Waals surface area contributed by atoms with Crippen molar-refractivity contribution >= 4 is 51.8 Å². The first kappa shape index (κ1) is 35.2. The highest BCUT2D eigenvalue weighted by molar-refractivity contribution is 7.13. The number of imide groups is 1. The molecule has 0 radical (unpaired) electrons. The van der Waals surface area contributed by atoms with Gasteiger partial charge in [0.25, 0.3) is 17.7 Å². The van der Waals surface area contributed by atoms with E-state index in [1.807, 2.05) is 36.4 Å². The van der Waals surface area contributed by atoms with Crippen molar-refractivity contribution in [3.8, 4) is 5.75 Å². The lowest BCUT2D eigenvalue weighted by molar-refractivity contribution is -0.123. The number of benzene rings is 3. The van der Waals surface area contributed by atoms with Crippen LogP contribution in [0.15, 0.2) is 66.2 Å². The minimum atomic E-state index is -1.30. The van der Waals surface area contributed by atoms with Gasteiger partial charge >= 0.3 is 6.03 Å². The number of phenols is 1. The van der Waals surface area contributed by atoms with Gasteiger partial charge < -0.3 is 14.9 Å². The number of piperidine rings is 1. The second-order valence-corrected chi connectivity index (χ2v) is 14.8. The van der Waals surface area contributed by atoms with Crippen LogP contribution in [0.25, 0.3) is 0 Å². The summed E-state index contributed by atoms with van der Waals surface area (Å²) in [4.78, 5) is 74.6. The molecule has 0 aliphatic carbocycles. The van der Waals surface area contributed by atoms with Crippen molar-refractivity contribution in [3.63, 3.8) is 0 Å². The molecule has 0 bridgehead atoms. The molecule has 14 nitrogen and oxygen atoms in total. The molecule has 4 aliphatic rings. The number of halogens is 1. The average Bonchev–Trinajstić information content (AvgIpc) is 3.87. The Morgan fingerprint density at radius 1 is 0.981 bits per heavy atom. The van der Waals surface area contributed by atoms with E-state index in [4.69, 9.17) is 0 Å². The average molecular weight is 753 g/mol. The number of aromatic hydroxyl groups is 1. The third-order valence-electron chi connectivity index (χ3n) is 10.6. The minimum absolute atomic E-state index is 0.0165. The molecular weight excluding hydrogens is 716 g/mol. The molecule has 1 atom stereocenters. The summed E-state index contributed by atoms with van der Waals surface area (Å²) in [6, 6.07) is 13.2. The molecule has 3 N–H and O–H groups in total. The Kier molecular flexibility index (Phi) is 9.23. The number of aromatic nitrogens is 1. The first-order chi connectivity index (χ1) is 26.0. The predicted octanol–water partition coefficient (Wildman–Crippen LogP) is 4.24. The predicted molar refractivity (Wildman–Crippen MR) is 196 cm³/mol. The molecule has 54 heavy (non-hydrogen) atoms. The molecule has 0 saturated carbocycles. The fourth-order valence-electron chi connectivity index (χ4n) is 7.79. The minimum Gasteiger partial charge on any atom is -0.508 e. The molecule has 2 saturated heterocycles. The van der Waals surface area contributed by atoms with E-state index in [0.717, 1.165) is 60.4 Å². The fraction of sp³-hybridized carbons (Fsp3) is 0.316. The maximum Gasteiger partial charge on any atom is 0.342 e. The quantitative estimate of drug-likeness (QED) is 0.228. The Morgan fingerprint density at radius 2 is 1.80 bits per heavy atom. The van der Waals surface area contributed by atoms with Crippen molar-refractivity contribution in [1.29, 1.82) is 0 Å². The molecule has 1 aromatic heterocycles. The SMILES string of the molecule is CN(Cc1ccc2c(c1)CN(N1CCC(=O)NC1=O)C2=O)C1CCN(c2ccc3c(c2)C(=O)N(C(C(=O)Nc2nccs2)c2cc(F)ccc2O)C3)CC1. The molecule has 5 heterocycles. The molecular formula is C38H37FN8O6S. The molecule has 6 amide bonds. The highest BCUT2D eigenvalue weighted by atomic mass is 32.1. The summed E-state index contributed by atoms with van der Waals surface area (Å²) in [5.41, 5.74) is 4.51. The molecule has 3 aromatic carbocycles. The first-order valence-corrected chi connectivity index (χ1v) is 18.5. The second-order valence-electron chi connectivity index (χ2n) is 13.9. The Morgan fingerprint density at radius 3 is 2.56 bits per heavy atom. The number of rotatable bonds is 9. The second kappa shape index (κ2) is 14.2. The Balaban J connectivity index is 0.910. The van der Waals surface area contributed by atoms with Crippen molar-refractivity contribution in [2.75, 3.05) is 36.9 Å². The number of fused-ring (bicyclic) bond motifs is 2. The van der Waals surface area contributed by atoms with Crippen LogP contribution < -0.4 is 15.5 Å². The number of nitrogens with zero attached hydrogens (tertiary/aromatic N) is 6. The third kappa shape index (κ3) is 6.62. The highest BCUT2D eigenvalue weighted by Crippen LogP contribution is 2.38. The van der Waals surface area contributed by atoms with Crippen molar-refractivity contribution in [2.24, 2.45) is 0 Å². The number of amides is 6. The molecule has 4 aromatic rings. The number of anilines is 2. The molecule has 4 aliphatic heterocycles. The van der Waals surface area contributed by atoms with Gasteiger partial charge in [0, 0.05) is 72.6 Å². The summed E-state index contributed by atoms with van der Waals surface area (Å²) in [7, 11) is 2.08. The third-order valence-corrected chi connectivity index (χ3v) is 11.3. The van der Waals surface area contributed by atoms with Crippen molar-refractivity contribution in [1.82, 2.24) is 30.1 Å². The number of thiazole rings is 1. The number of phenolic OH excluding ortho intramolecular Hbond substituents is 1. The maximum atomic E-state index is 14.4. The van der Waals surface area contributed by atoms with Crippen LogP contribution in [0.1, 0.15) is 68.3 Å². The smallest absolute Gasteiger partial charge is 0.342 e. The number of carbonyl (C=O) groups excluding carboxylic acids is 5. The van der Waals surface area contributed by atoms with E-state index >= 15 is 0 Å². The first-order valence-electron chi connectivity index (χ1n) is 17.7. The molecule has 1 unspecified atom stereocenters. The highest BCUT2D eigenvalue weighted by Gasteiger charge is 2.40. The van der Waals surface area contributed by atoms with Gasteiger partial charge in [-0.05, 0) is 73.0 Å². The van der Waals surface area contributed by atoms with Crippen LogP contribution >= 0.6 is 11.3 Å². The van der Waals surface area contributed by atoms with E-state index in [9.17, 15) is 33.5 Å².